The van der Waals surface area contributed by atoms with Crippen molar-refractivity contribution in [3.8, 4) is 0 Å². The maximum absolute atomic E-state index is 13.2. The molecule has 1 aliphatic rings. The third-order valence-corrected chi connectivity index (χ3v) is 7.46. The zero-order chi connectivity index (χ0) is 18.5. The lowest BCUT2D eigenvalue weighted by atomic mass is 10.1. The molecule has 0 aliphatic carbocycles. The maximum atomic E-state index is 13.2. The summed E-state index contributed by atoms with van der Waals surface area (Å²) in [5.41, 5.74) is 2.35. The fourth-order valence-corrected chi connectivity index (χ4v) is 5.09. The van der Waals surface area contributed by atoms with Crippen molar-refractivity contribution < 1.29 is 13.2 Å². The molecule has 0 fully saturated rings. The van der Waals surface area contributed by atoms with Crippen LogP contribution in [0.2, 0.25) is 0 Å². The molecule has 1 amide bonds. The number of amides is 1. The third-order valence-electron chi connectivity index (χ3n) is 4.69. The Labute approximate surface area is 156 Å². The molecule has 134 valence electrons. The van der Waals surface area contributed by atoms with Crippen molar-refractivity contribution in [2.45, 2.75) is 11.3 Å². The van der Waals surface area contributed by atoms with Gasteiger partial charge in [-0.15, -0.1) is 11.3 Å². The molecular formula is C19H18N2O3S2. The van der Waals surface area contributed by atoms with E-state index < -0.39 is 10.0 Å². The van der Waals surface area contributed by atoms with Crippen LogP contribution in [0.5, 0.6) is 0 Å². The van der Waals surface area contributed by atoms with Gasteiger partial charge in [0.15, 0.2) is 0 Å². The van der Waals surface area contributed by atoms with E-state index >= 15 is 0 Å². The van der Waals surface area contributed by atoms with Crippen LogP contribution in [-0.4, -0.2) is 39.3 Å². The molecule has 0 atom stereocenters. The summed E-state index contributed by atoms with van der Waals surface area (Å²) in [5.74, 6) is -0.0828. The first-order chi connectivity index (χ1) is 12.4. The summed E-state index contributed by atoms with van der Waals surface area (Å²) >= 11 is 1.54. The van der Waals surface area contributed by atoms with Crippen LogP contribution in [0.15, 0.2) is 52.7 Å². The zero-order valence-electron chi connectivity index (χ0n) is 14.5. The molecule has 0 radical (unpaired) electrons. The summed E-state index contributed by atoms with van der Waals surface area (Å²) in [6.45, 7) is 0.559. The Bertz CT molecular complexity index is 1120. The van der Waals surface area contributed by atoms with Gasteiger partial charge in [0.05, 0.1) is 10.5 Å². The Kier molecular flexibility index (Phi) is 4.10. The highest BCUT2D eigenvalue weighted by molar-refractivity contribution is 7.89. The minimum absolute atomic E-state index is 0.0828. The van der Waals surface area contributed by atoms with Crippen LogP contribution < -0.4 is 4.90 Å². The number of sulfonamides is 1. The predicted octanol–water partition coefficient (Wildman–Crippen LogP) is 3.35. The van der Waals surface area contributed by atoms with E-state index in [0.29, 0.717) is 17.8 Å². The number of carbonyl (C=O) groups excluding carboxylic acids is 1. The number of thiophene rings is 1. The number of carbonyl (C=O) groups is 1. The topological polar surface area (TPSA) is 57.7 Å². The standard InChI is InChI=1S/C19H18N2O3S2/c1-20(2)26(23,24)14-8-7-13-9-10-21(17(13)11-14)19(22)16-12-25-18-6-4-3-5-15(16)18/h3-8,11-12H,9-10H2,1-2H3. The van der Waals surface area contributed by atoms with E-state index in [4.69, 9.17) is 0 Å². The van der Waals surface area contributed by atoms with E-state index in [1.807, 2.05) is 35.7 Å². The molecule has 26 heavy (non-hydrogen) atoms. The van der Waals surface area contributed by atoms with Crippen LogP contribution in [0.3, 0.4) is 0 Å². The molecule has 3 aromatic rings. The van der Waals surface area contributed by atoms with Gasteiger partial charge in [0, 0.05) is 41.8 Å². The normalized spacial score (nSPS) is 14.2. The Morgan fingerprint density at radius 3 is 2.69 bits per heavy atom. The second kappa shape index (κ2) is 6.19. The number of hydrogen-bond donors (Lipinski definition) is 0. The highest BCUT2D eigenvalue weighted by atomic mass is 32.2. The summed E-state index contributed by atoms with van der Waals surface area (Å²) in [7, 11) is -0.533. The number of benzene rings is 2. The smallest absolute Gasteiger partial charge is 0.259 e. The Balaban J connectivity index is 1.77. The highest BCUT2D eigenvalue weighted by Crippen LogP contribution is 2.34. The maximum Gasteiger partial charge on any atom is 0.259 e. The van der Waals surface area contributed by atoms with Gasteiger partial charge in [0.25, 0.3) is 5.91 Å². The molecule has 0 bridgehead atoms. The van der Waals surface area contributed by atoms with Gasteiger partial charge in [-0.3, -0.25) is 4.79 Å². The summed E-state index contributed by atoms with van der Waals surface area (Å²) < 4.78 is 27.1. The van der Waals surface area contributed by atoms with Crippen molar-refractivity contribution in [2.24, 2.45) is 0 Å². The molecule has 1 aliphatic heterocycles. The summed E-state index contributed by atoms with van der Waals surface area (Å²) in [6.07, 6.45) is 0.728. The summed E-state index contributed by atoms with van der Waals surface area (Å²) in [6, 6.07) is 12.9. The number of anilines is 1. The van der Waals surface area contributed by atoms with E-state index in [2.05, 4.69) is 0 Å². The third kappa shape index (κ3) is 2.63. The van der Waals surface area contributed by atoms with E-state index in [9.17, 15) is 13.2 Å². The average Bonchev–Trinajstić information content (AvgIpc) is 3.24. The zero-order valence-corrected chi connectivity index (χ0v) is 16.1. The lowest BCUT2D eigenvalue weighted by Gasteiger charge is -2.19. The fraction of sp³-hybridized carbons (Fsp3) is 0.211. The Morgan fingerprint density at radius 1 is 1.15 bits per heavy atom. The quantitative estimate of drug-likeness (QED) is 0.694. The molecule has 5 nitrogen and oxygen atoms in total. The summed E-state index contributed by atoms with van der Waals surface area (Å²) in [4.78, 5) is 15.1. The Morgan fingerprint density at radius 2 is 1.92 bits per heavy atom. The Hall–Kier alpha value is -2.22. The molecule has 0 saturated heterocycles. The number of fused-ring (bicyclic) bond motifs is 2. The van der Waals surface area contributed by atoms with Gasteiger partial charge in [-0.1, -0.05) is 24.3 Å². The van der Waals surface area contributed by atoms with Crippen LogP contribution in [0.1, 0.15) is 15.9 Å². The average molecular weight is 386 g/mol. The van der Waals surface area contributed by atoms with E-state index in [-0.39, 0.29) is 10.8 Å². The number of hydrogen-bond acceptors (Lipinski definition) is 4. The second-order valence-corrected chi connectivity index (χ2v) is 9.49. The van der Waals surface area contributed by atoms with Crippen LogP contribution in [0, 0.1) is 0 Å². The minimum atomic E-state index is -3.54. The first kappa shape index (κ1) is 17.2. The van der Waals surface area contributed by atoms with Gasteiger partial charge in [-0.05, 0) is 30.2 Å². The van der Waals surface area contributed by atoms with Gasteiger partial charge < -0.3 is 4.90 Å². The van der Waals surface area contributed by atoms with E-state index in [1.54, 1.807) is 28.4 Å². The molecular weight excluding hydrogens is 368 g/mol. The molecule has 0 unspecified atom stereocenters. The molecule has 1 aromatic heterocycles. The van der Waals surface area contributed by atoms with Crippen LogP contribution in [0.25, 0.3) is 10.1 Å². The lowest BCUT2D eigenvalue weighted by Crippen LogP contribution is -2.29. The molecule has 2 aromatic carbocycles. The van der Waals surface area contributed by atoms with Gasteiger partial charge in [-0.25, -0.2) is 12.7 Å². The monoisotopic (exact) mass is 386 g/mol. The van der Waals surface area contributed by atoms with Crippen LogP contribution >= 0.6 is 11.3 Å². The molecule has 2 heterocycles. The van der Waals surface area contributed by atoms with Crippen LogP contribution in [-0.2, 0) is 16.4 Å². The predicted molar refractivity (Wildman–Crippen MR) is 105 cm³/mol. The number of rotatable bonds is 3. The van der Waals surface area contributed by atoms with Crippen molar-refractivity contribution in [1.82, 2.24) is 4.31 Å². The van der Waals surface area contributed by atoms with E-state index in [1.165, 1.54) is 18.4 Å². The molecule has 0 N–H and O–H groups in total. The minimum Gasteiger partial charge on any atom is -0.308 e. The highest BCUT2D eigenvalue weighted by Gasteiger charge is 2.29. The first-order valence-electron chi connectivity index (χ1n) is 8.23. The van der Waals surface area contributed by atoms with Crippen molar-refractivity contribution in [1.29, 1.82) is 0 Å². The molecule has 4 rings (SSSR count). The van der Waals surface area contributed by atoms with Crippen molar-refractivity contribution in [2.75, 3.05) is 25.5 Å². The SMILES string of the molecule is CN(C)S(=O)(=O)c1ccc2c(c1)N(C(=O)c1csc3ccccc13)CC2. The molecule has 0 spiro atoms. The largest absolute Gasteiger partial charge is 0.308 e. The van der Waals surface area contributed by atoms with E-state index in [0.717, 1.165) is 22.1 Å². The number of nitrogens with zero attached hydrogens (tertiary/aromatic N) is 2. The van der Waals surface area contributed by atoms with Crippen molar-refractivity contribution in [3.63, 3.8) is 0 Å². The first-order valence-corrected chi connectivity index (χ1v) is 10.5. The molecule has 7 heteroatoms. The van der Waals surface area contributed by atoms with Gasteiger partial charge >= 0.3 is 0 Å². The van der Waals surface area contributed by atoms with Gasteiger partial charge in [0.1, 0.15) is 0 Å². The lowest BCUT2D eigenvalue weighted by molar-refractivity contribution is 0.0991. The summed E-state index contributed by atoms with van der Waals surface area (Å²) in [5, 5.41) is 2.82. The van der Waals surface area contributed by atoms with Gasteiger partial charge in [0.2, 0.25) is 10.0 Å². The fourth-order valence-electron chi connectivity index (χ4n) is 3.23. The van der Waals surface area contributed by atoms with Crippen LogP contribution in [0.4, 0.5) is 5.69 Å². The van der Waals surface area contributed by atoms with Crippen molar-refractivity contribution >= 4 is 43.0 Å². The molecule has 0 saturated carbocycles. The van der Waals surface area contributed by atoms with Gasteiger partial charge in [-0.2, -0.15) is 0 Å². The second-order valence-electron chi connectivity index (χ2n) is 6.43. The van der Waals surface area contributed by atoms with Crippen molar-refractivity contribution in [3.05, 3.63) is 59.0 Å².